The lowest BCUT2D eigenvalue weighted by Gasteiger charge is -2.00. The zero-order valence-electron chi connectivity index (χ0n) is 7.74. The van der Waals surface area contributed by atoms with E-state index in [0.29, 0.717) is 23.5 Å². The van der Waals surface area contributed by atoms with E-state index < -0.39 is 7.12 Å². The van der Waals surface area contributed by atoms with E-state index in [1.54, 1.807) is 6.92 Å². The summed E-state index contributed by atoms with van der Waals surface area (Å²) < 4.78 is 4.84. The van der Waals surface area contributed by atoms with Crippen molar-refractivity contribution in [2.45, 2.75) is 20.4 Å². The summed E-state index contributed by atoms with van der Waals surface area (Å²) in [6, 6.07) is 0. The average molecular weight is 184 g/mol. The molecule has 0 aliphatic carbocycles. The third kappa shape index (κ3) is 2.30. The third-order valence-electron chi connectivity index (χ3n) is 1.78. The van der Waals surface area contributed by atoms with Crippen molar-refractivity contribution in [3.8, 4) is 0 Å². The average Bonchev–Trinajstić information content (AvgIpc) is 2.43. The molecule has 0 radical (unpaired) electrons. The van der Waals surface area contributed by atoms with Crippen molar-refractivity contribution in [1.29, 1.82) is 0 Å². The molecule has 0 atom stereocenters. The summed E-state index contributed by atoms with van der Waals surface area (Å²) in [6.45, 7) is 4.90. The second kappa shape index (κ2) is 4.41. The number of aromatic nitrogens is 1. The molecule has 0 aliphatic heterocycles. The van der Waals surface area contributed by atoms with Gasteiger partial charge in [0, 0.05) is 12.0 Å². The Balaban J connectivity index is 2.81. The van der Waals surface area contributed by atoms with E-state index in [1.807, 2.05) is 6.92 Å². The molecular formula is C7H13BN2O3. The van der Waals surface area contributed by atoms with Gasteiger partial charge in [-0.05, 0) is 13.5 Å². The second-order valence-corrected chi connectivity index (χ2v) is 2.75. The number of hydrogen-bond donors (Lipinski definition) is 3. The molecule has 1 heterocycles. The summed E-state index contributed by atoms with van der Waals surface area (Å²) in [5.74, 6) is 0.447. The minimum atomic E-state index is -1.51. The van der Waals surface area contributed by atoms with Crippen LogP contribution in [-0.4, -0.2) is 28.9 Å². The topological polar surface area (TPSA) is 78.5 Å². The van der Waals surface area contributed by atoms with E-state index in [9.17, 15) is 0 Å². The summed E-state index contributed by atoms with van der Waals surface area (Å²) in [5, 5.41) is 24.7. The van der Waals surface area contributed by atoms with Crippen molar-refractivity contribution < 1.29 is 14.6 Å². The van der Waals surface area contributed by atoms with Crippen LogP contribution in [0.1, 0.15) is 18.4 Å². The largest absolute Gasteiger partial charge is 0.494 e. The van der Waals surface area contributed by atoms with Gasteiger partial charge in [0.2, 0.25) is 0 Å². The third-order valence-corrected chi connectivity index (χ3v) is 1.78. The SMILES string of the molecule is CCNCc1noc(C)c1B(O)O. The first-order chi connectivity index (χ1) is 6.16. The van der Waals surface area contributed by atoms with Gasteiger partial charge in [0.05, 0.1) is 5.69 Å². The smallest absolute Gasteiger partial charge is 0.423 e. The summed E-state index contributed by atoms with van der Waals surface area (Å²) in [6.07, 6.45) is 0. The molecule has 0 saturated carbocycles. The van der Waals surface area contributed by atoms with Gasteiger partial charge >= 0.3 is 7.12 Å². The zero-order chi connectivity index (χ0) is 9.84. The Hall–Kier alpha value is -0.845. The summed E-state index contributed by atoms with van der Waals surface area (Å²) in [7, 11) is -1.51. The Bertz CT molecular complexity index is 275. The number of hydrogen-bond acceptors (Lipinski definition) is 5. The number of rotatable bonds is 4. The molecule has 5 nitrogen and oxygen atoms in total. The maximum atomic E-state index is 9.00. The predicted octanol–water partition coefficient (Wildman–Crippen LogP) is -1.23. The Morgan fingerprint density at radius 1 is 1.54 bits per heavy atom. The Labute approximate surface area is 76.9 Å². The highest BCUT2D eigenvalue weighted by Gasteiger charge is 2.23. The molecule has 0 saturated heterocycles. The quantitative estimate of drug-likeness (QED) is 0.510. The van der Waals surface area contributed by atoms with Gasteiger partial charge in [-0.1, -0.05) is 12.1 Å². The molecule has 0 amide bonds. The first kappa shape index (κ1) is 10.2. The van der Waals surface area contributed by atoms with Crippen LogP contribution in [0.5, 0.6) is 0 Å². The first-order valence-corrected chi connectivity index (χ1v) is 4.18. The Kier molecular flexibility index (Phi) is 3.47. The molecule has 1 rings (SSSR count). The minimum Gasteiger partial charge on any atom is -0.423 e. The number of nitrogens with zero attached hydrogens (tertiary/aromatic N) is 1. The normalized spacial score (nSPS) is 10.5. The molecule has 3 N–H and O–H groups in total. The van der Waals surface area contributed by atoms with Gasteiger partial charge in [0.25, 0.3) is 0 Å². The van der Waals surface area contributed by atoms with Crippen LogP contribution in [0, 0.1) is 6.92 Å². The van der Waals surface area contributed by atoms with Gasteiger partial charge in [-0.25, -0.2) is 0 Å². The lowest BCUT2D eigenvalue weighted by atomic mass is 9.78. The van der Waals surface area contributed by atoms with Crippen LogP contribution in [0.25, 0.3) is 0 Å². The maximum absolute atomic E-state index is 9.00. The molecule has 0 bridgehead atoms. The van der Waals surface area contributed by atoms with E-state index in [0.717, 1.165) is 6.54 Å². The number of nitrogens with one attached hydrogen (secondary N) is 1. The van der Waals surface area contributed by atoms with Gasteiger partial charge in [0.1, 0.15) is 5.76 Å². The lowest BCUT2D eigenvalue weighted by molar-refractivity contribution is 0.387. The van der Waals surface area contributed by atoms with Gasteiger partial charge in [-0.3, -0.25) is 0 Å². The van der Waals surface area contributed by atoms with Crippen molar-refractivity contribution >= 4 is 12.6 Å². The van der Waals surface area contributed by atoms with Crippen molar-refractivity contribution in [3.63, 3.8) is 0 Å². The van der Waals surface area contributed by atoms with E-state index in [1.165, 1.54) is 0 Å². The molecule has 1 aromatic rings. The summed E-state index contributed by atoms with van der Waals surface area (Å²) in [4.78, 5) is 0. The molecule has 0 aromatic carbocycles. The maximum Gasteiger partial charge on any atom is 0.494 e. The second-order valence-electron chi connectivity index (χ2n) is 2.75. The zero-order valence-corrected chi connectivity index (χ0v) is 7.74. The Morgan fingerprint density at radius 2 is 2.23 bits per heavy atom. The minimum absolute atomic E-state index is 0.362. The predicted molar refractivity (Wildman–Crippen MR) is 48.4 cm³/mol. The van der Waals surface area contributed by atoms with Crippen LogP contribution in [0.3, 0.4) is 0 Å². The lowest BCUT2D eigenvalue weighted by Crippen LogP contribution is -2.35. The van der Waals surface area contributed by atoms with E-state index >= 15 is 0 Å². The van der Waals surface area contributed by atoms with Crippen LogP contribution in [-0.2, 0) is 6.54 Å². The fraction of sp³-hybridized carbons (Fsp3) is 0.571. The fourth-order valence-corrected chi connectivity index (χ4v) is 1.13. The monoisotopic (exact) mass is 184 g/mol. The van der Waals surface area contributed by atoms with E-state index in [2.05, 4.69) is 10.5 Å². The summed E-state index contributed by atoms with van der Waals surface area (Å²) >= 11 is 0. The highest BCUT2D eigenvalue weighted by Crippen LogP contribution is 1.99. The molecule has 0 spiro atoms. The molecule has 1 aromatic heterocycles. The molecule has 0 aliphatic rings. The van der Waals surface area contributed by atoms with E-state index in [4.69, 9.17) is 14.6 Å². The van der Waals surface area contributed by atoms with Gasteiger partial charge in [0.15, 0.2) is 0 Å². The highest BCUT2D eigenvalue weighted by molar-refractivity contribution is 6.59. The molecule has 72 valence electrons. The van der Waals surface area contributed by atoms with Crippen molar-refractivity contribution in [2.75, 3.05) is 6.54 Å². The Morgan fingerprint density at radius 3 is 2.77 bits per heavy atom. The van der Waals surface area contributed by atoms with Gasteiger partial charge < -0.3 is 19.9 Å². The van der Waals surface area contributed by atoms with Crippen LogP contribution in [0.4, 0.5) is 0 Å². The van der Waals surface area contributed by atoms with Crippen molar-refractivity contribution in [2.24, 2.45) is 0 Å². The summed E-state index contributed by atoms with van der Waals surface area (Å²) in [5.41, 5.74) is 0.912. The van der Waals surface area contributed by atoms with Crippen molar-refractivity contribution in [1.82, 2.24) is 10.5 Å². The van der Waals surface area contributed by atoms with E-state index in [-0.39, 0.29) is 0 Å². The molecule has 0 fully saturated rings. The highest BCUT2D eigenvalue weighted by atomic mass is 16.5. The van der Waals surface area contributed by atoms with Crippen LogP contribution in [0.15, 0.2) is 4.52 Å². The standard InChI is InChI=1S/C7H13BN2O3/c1-3-9-4-6-7(8(11)12)5(2)13-10-6/h9,11-12H,3-4H2,1-2H3. The van der Waals surface area contributed by atoms with Crippen LogP contribution >= 0.6 is 0 Å². The van der Waals surface area contributed by atoms with Gasteiger partial charge in [-0.15, -0.1) is 0 Å². The molecule has 6 heteroatoms. The fourth-order valence-electron chi connectivity index (χ4n) is 1.13. The van der Waals surface area contributed by atoms with Crippen LogP contribution in [0.2, 0.25) is 0 Å². The first-order valence-electron chi connectivity index (χ1n) is 4.18. The molecular weight excluding hydrogens is 171 g/mol. The van der Waals surface area contributed by atoms with Crippen LogP contribution < -0.4 is 10.8 Å². The molecule has 0 unspecified atom stereocenters. The number of aryl methyl sites for hydroxylation is 1. The van der Waals surface area contributed by atoms with Crippen molar-refractivity contribution in [3.05, 3.63) is 11.5 Å². The van der Waals surface area contributed by atoms with Gasteiger partial charge in [-0.2, -0.15) is 0 Å². The molecule has 13 heavy (non-hydrogen) atoms.